The Balaban J connectivity index is 1.91. The van der Waals surface area contributed by atoms with E-state index >= 15 is 0 Å². The minimum Gasteiger partial charge on any atom is -0.399 e. The van der Waals surface area contributed by atoms with Gasteiger partial charge in [0.2, 0.25) is 0 Å². The first-order chi connectivity index (χ1) is 9.15. The number of hydrogen-bond donors (Lipinski definition) is 2. The highest BCUT2D eigenvalue weighted by Crippen LogP contribution is 2.16. The standard InChI is InChI=1S/C14H14ClN3O/c15-12-7-11(8-13(16)9-12)14(19)18-6-3-10-1-4-17-5-2-10/h1-2,4-5,7-9H,3,6,16H2,(H,18,19). The molecule has 0 bridgehead atoms. The quantitative estimate of drug-likeness (QED) is 0.841. The van der Waals surface area contributed by atoms with E-state index in [9.17, 15) is 4.79 Å². The average molecular weight is 276 g/mol. The maximum Gasteiger partial charge on any atom is 0.251 e. The van der Waals surface area contributed by atoms with E-state index in [0.29, 0.717) is 22.8 Å². The molecule has 1 aromatic carbocycles. The molecule has 1 amide bonds. The molecule has 0 aliphatic rings. The fraction of sp³-hybridized carbons (Fsp3) is 0.143. The highest BCUT2D eigenvalue weighted by atomic mass is 35.5. The first-order valence-corrected chi connectivity index (χ1v) is 6.26. The van der Waals surface area contributed by atoms with E-state index in [4.69, 9.17) is 17.3 Å². The third kappa shape index (κ3) is 3.96. The summed E-state index contributed by atoms with van der Waals surface area (Å²) in [6.07, 6.45) is 4.22. The Morgan fingerprint density at radius 2 is 2.00 bits per heavy atom. The van der Waals surface area contributed by atoms with Crippen molar-refractivity contribution in [3.63, 3.8) is 0 Å². The van der Waals surface area contributed by atoms with Crippen molar-refractivity contribution in [3.05, 3.63) is 58.9 Å². The third-order valence-electron chi connectivity index (χ3n) is 2.63. The predicted molar refractivity (Wildman–Crippen MR) is 76.1 cm³/mol. The molecule has 0 saturated carbocycles. The molecular weight excluding hydrogens is 262 g/mol. The van der Waals surface area contributed by atoms with Crippen molar-refractivity contribution in [3.8, 4) is 0 Å². The van der Waals surface area contributed by atoms with E-state index in [2.05, 4.69) is 10.3 Å². The van der Waals surface area contributed by atoms with E-state index in [1.165, 1.54) is 0 Å². The number of nitrogens with zero attached hydrogens (tertiary/aromatic N) is 1. The van der Waals surface area contributed by atoms with Gasteiger partial charge in [-0.1, -0.05) is 11.6 Å². The number of aromatic nitrogens is 1. The van der Waals surface area contributed by atoms with Crippen LogP contribution in [0.4, 0.5) is 5.69 Å². The molecule has 0 atom stereocenters. The summed E-state index contributed by atoms with van der Waals surface area (Å²) in [5, 5.41) is 3.29. The summed E-state index contributed by atoms with van der Waals surface area (Å²) in [7, 11) is 0. The molecule has 0 unspecified atom stereocenters. The highest BCUT2D eigenvalue weighted by molar-refractivity contribution is 6.31. The van der Waals surface area contributed by atoms with Crippen molar-refractivity contribution in [1.82, 2.24) is 10.3 Å². The molecular formula is C14H14ClN3O. The van der Waals surface area contributed by atoms with E-state index in [-0.39, 0.29) is 5.91 Å². The van der Waals surface area contributed by atoms with Crippen LogP contribution in [-0.2, 0) is 6.42 Å². The molecule has 98 valence electrons. The summed E-state index contributed by atoms with van der Waals surface area (Å²) < 4.78 is 0. The van der Waals surface area contributed by atoms with E-state index in [1.807, 2.05) is 12.1 Å². The predicted octanol–water partition coefficient (Wildman–Crippen LogP) is 2.29. The van der Waals surface area contributed by atoms with Crippen molar-refractivity contribution in [2.24, 2.45) is 0 Å². The summed E-state index contributed by atoms with van der Waals surface area (Å²) >= 11 is 5.86. The molecule has 2 aromatic rings. The third-order valence-corrected chi connectivity index (χ3v) is 2.85. The number of hydrogen-bond acceptors (Lipinski definition) is 3. The summed E-state index contributed by atoms with van der Waals surface area (Å²) in [4.78, 5) is 15.8. The molecule has 1 aromatic heterocycles. The molecule has 5 heteroatoms. The van der Waals surface area contributed by atoms with Crippen molar-refractivity contribution in [2.75, 3.05) is 12.3 Å². The molecule has 3 N–H and O–H groups in total. The summed E-state index contributed by atoms with van der Waals surface area (Å²) in [5.74, 6) is -0.178. The van der Waals surface area contributed by atoms with Crippen LogP contribution >= 0.6 is 11.6 Å². The van der Waals surface area contributed by atoms with Crippen LogP contribution in [0.5, 0.6) is 0 Å². The second-order valence-corrected chi connectivity index (χ2v) is 4.57. The van der Waals surface area contributed by atoms with Gasteiger partial charge in [0.15, 0.2) is 0 Å². The van der Waals surface area contributed by atoms with Gasteiger partial charge in [0.05, 0.1) is 0 Å². The Morgan fingerprint density at radius 3 is 2.68 bits per heavy atom. The summed E-state index contributed by atoms with van der Waals surface area (Å²) in [6.45, 7) is 0.551. The zero-order valence-corrected chi connectivity index (χ0v) is 11.0. The van der Waals surface area contributed by atoms with Crippen molar-refractivity contribution >= 4 is 23.2 Å². The van der Waals surface area contributed by atoms with Gasteiger partial charge >= 0.3 is 0 Å². The molecule has 0 radical (unpaired) electrons. The van der Waals surface area contributed by atoms with Gasteiger partial charge in [0.1, 0.15) is 0 Å². The van der Waals surface area contributed by atoms with Crippen LogP contribution in [0, 0.1) is 0 Å². The van der Waals surface area contributed by atoms with Gasteiger partial charge in [-0.15, -0.1) is 0 Å². The van der Waals surface area contributed by atoms with Crippen LogP contribution in [0.15, 0.2) is 42.7 Å². The number of nitrogen functional groups attached to an aromatic ring is 1. The molecule has 0 aliphatic heterocycles. The Kier molecular flexibility index (Phi) is 4.36. The normalized spacial score (nSPS) is 10.2. The Morgan fingerprint density at radius 1 is 1.26 bits per heavy atom. The van der Waals surface area contributed by atoms with Gasteiger partial charge in [-0.3, -0.25) is 9.78 Å². The maximum absolute atomic E-state index is 11.9. The lowest BCUT2D eigenvalue weighted by Gasteiger charge is -2.06. The van der Waals surface area contributed by atoms with Crippen LogP contribution in [0.2, 0.25) is 5.02 Å². The van der Waals surface area contributed by atoms with Crippen LogP contribution < -0.4 is 11.1 Å². The number of halogens is 1. The lowest BCUT2D eigenvalue weighted by Crippen LogP contribution is -2.25. The van der Waals surface area contributed by atoms with Crippen molar-refractivity contribution in [2.45, 2.75) is 6.42 Å². The highest BCUT2D eigenvalue weighted by Gasteiger charge is 2.06. The molecule has 0 saturated heterocycles. The second-order valence-electron chi connectivity index (χ2n) is 4.13. The molecule has 0 spiro atoms. The number of nitrogens with two attached hydrogens (primary N) is 1. The number of benzene rings is 1. The topological polar surface area (TPSA) is 68.0 Å². The minimum absolute atomic E-state index is 0.178. The number of amides is 1. The monoisotopic (exact) mass is 275 g/mol. The molecule has 4 nitrogen and oxygen atoms in total. The van der Waals surface area contributed by atoms with Gasteiger partial charge in [0.25, 0.3) is 5.91 Å². The lowest BCUT2D eigenvalue weighted by molar-refractivity contribution is 0.0954. The number of pyridine rings is 1. The van der Waals surface area contributed by atoms with Crippen LogP contribution in [0.25, 0.3) is 0 Å². The molecule has 1 heterocycles. The van der Waals surface area contributed by atoms with Crippen molar-refractivity contribution < 1.29 is 4.79 Å². The molecule has 19 heavy (non-hydrogen) atoms. The van der Waals surface area contributed by atoms with Gasteiger partial charge in [-0.05, 0) is 42.3 Å². The number of carbonyl (C=O) groups excluding carboxylic acids is 1. The SMILES string of the molecule is Nc1cc(Cl)cc(C(=O)NCCc2ccncc2)c1. The first kappa shape index (κ1) is 13.4. The zero-order chi connectivity index (χ0) is 13.7. The second kappa shape index (κ2) is 6.20. The summed E-state index contributed by atoms with van der Waals surface area (Å²) in [6, 6.07) is 8.65. The fourth-order valence-electron chi connectivity index (χ4n) is 1.72. The van der Waals surface area contributed by atoms with E-state index in [0.717, 1.165) is 12.0 Å². The number of carbonyl (C=O) groups is 1. The minimum atomic E-state index is -0.178. The first-order valence-electron chi connectivity index (χ1n) is 5.88. The molecule has 0 fully saturated rings. The smallest absolute Gasteiger partial charge is 0.251 e. The average Bonchev–Trinajstić information content (AvgIpc) is 2.38. The molecule has 0 aliphatic carbocycles. The van der Waals surface area contributed by atoms with Gasteiger partial charge in [-0.25, -0.2) is 0 Å². The number of rotatable bonds is 4. The Labute approximate surface area is 116 Å². The number of anilines is 1. The zero-order valence-electron chi connectivity index (χ0n) is 10.3. The molecule has 2 rings (SSSR count). The van der Waals surface area contributed by atoms with Crippen LogP contribution in [0.3, 0.4) is 0 Å². The Bertz CT molecular complexity index is 552. The lowest BCUT2D eigenvalue weighted by atomic mass is 10.1. The fourth-order valence-corrected chi connectivity index (χ4v) is 1.96. The maximum atomic E-state index is 11.9. The largest absolute Gasteiger partial charge is 0.399 e. The van der Waals surface area contributed by atoms with E-state index in [1.54, 1.807) is 30.6 Å². The van der Waals surface area contributed by atoms with Gasteiger partial charge in [-0.2, -0.15) is 0 Å². The van der Waals surface area contributed by atoms with E-state index < -0.39 is 0 Å². The van der Waals surface area contributed by atoms with Gasteiger partial charge in [0, 0.05) is 35.2 Å². The number of nitrogens with one attached hydrogen (secondary N) is 1. The Hall–Kier alpha value is -2.07. The van der Waals surface area contributed by atoms with Crippen LogP contribution in [-0.4, -0.2) is 17.4 Å². The van der Waals surface area contributed by atoms with Crippen molar-refractivity contribution in [1.29, 1.82) is 0 Å². The van der Waals surface area contributed by atoms with Gasteiger partial charge < -0.3 is 11.1 Å². The van der Waals surface area contributed by atoms with Crippen LogP contribution in [0.1, 0.15) is 15.9 Å². The summed E-state index contributed by atoms with van der Waals surface area (Å²) in [5.41, 5.74) is 7.72.